The molecule has 3 aromatic rings. The first-order valence-corrected chi connectivity index (χ1v) is 8.16. The van der Waals surface area contributed by atoms with Crippen molar-refractivity contribution in [3.05, 3.63) is 76.8 Å². The lowest BCUT2D eigenvalue weighted by molar-refractivity contribution is 0.102. The van der Waals surface area contributed by atoms with Gasteiger partial charge < -0.3 is 14.6 Å². The number of hydrogen-bond acceptors (Lipinski definition) is 3. The minimum atomic E-state index is -0.217. The van der Waals surface area contributed by atoms with Crippen molar-refractivity contribution in [2.75, 3.05) is 12.4 Å². The van der Waals surface area contributed by atoms with Crippen molar-refractivity contribution in [2.45, 2.75) is 13.5 Å². The van der Waals surface area contributed by atoms with E-state index in [1.165, 1.54) is 0 Å². The third-order valence-electron chi connectivity index (χ3n) is 3.90. The molecule has 1 aromatic heterocycles. The smallest absolute Gasteiger partial charge is 0.255 e. The molecule has 0 aliphatic rings. The minimum absolute atomic E-state index is 0.217. The molecule has 0 saturated heterocycles. The van der Waals surface area contributed by atoms with Crippen LogP contribution < -0.4 is 10.1 Å². The largest absolute Gasteiger partial charge is 0.495 e. The first kappa shape index (κ1) is 17.0. The van der Waals surface area contributed by atoms with Crippen LogP contribution in [-0.4, -0.2) is 22.6 Å². The molecule has 5 nitrogen and oxygen atoms in total. The Bertz CT molecular complexity index is 888. The molecule has 128 valence electrons. The molecule has 25 heavy (non-hydrogen) atoms. The van der Waals surface area contributed by atoms with Gasteiger partial charge in [-0.2, -0.15) is 0 Å². The fraction of sp³-hybridized carbons (Fsp3) is 0.158. The van der Waals surface area contributed by atoms with Gasteiger partial charge in [0.1, 0.15) is 11.6 Å². The number of aromatic nitrogens is 2. The number of benzene rings is 2. The van der Waals surface area contributed by atoms with Crippen molar-refractivity contribution >= 4 is 23.2 Å². The summed E-state index contributed by atoms with van der Waals surface area (Å²) in [6.45, 7) is 2.68. The molecule has 0 bridgehead atoms. The van der Waals surface area contributed by atoms with Gasteiger partial charge in [-0.1, -0.05) is 23.7 Å². The highest BCUT2D eigenvalue weighted by molar-refractivity contribution is 6.31. The second-order valence-corrected chi connectivity index (χ2v) is 6.03. The predicted octanol–water partition coefficient (Wildman–Crippen LogP) is 4.15. The van der Waals surface area contributed by atoms with Crippen LogP contribution in [-0.2, 0) is 6.54 Å². The first-order chi connectivity index (χ1) is 12.1. The zero-order valence-corrected chi connectivity index (χ0v) is 14.7. The lowest BCUT2D eigenvalue weighted by Crippen LogP contribution is -2.13. The summed E-state index contributed by atoms with van der Waals surface area (Å²) >= 11 is 5.99. The van der Waals surface area contributed by atoms with Crippen LogP contribution >= 0.6 is 11.6 Å². The van der Waals surface area contributed by atoms with E-state index in [2.05, 4.69) is 10.3 Å². The van der Waals surface area contributed by atoms with Crippen LogP contribution in [0.2, 0.25) is 5.02 Å². The van der Waals surface area contributed by atoms with Gasteiger partial charge in [-0.05, 0) is 42.8 Å². The zero-order chi connectivity index (χ0) is 17.8. The van der Waals surface area contributed by atoms with Gasteiger partial charge in [0.2, 0.25) is 0 Å². The topological polar surface area (TPSA) is 56.1 Å². The van der Waals surface area contributed by atoms with E-state index in [4.69, 9.17) is 16.3 Å². The van der Waals surface area contributed by atoms with Crippen LogP contribution in [0.3, 0.4) is 0 Å². The Morgan fingerprint density at radius 1 is 1.24 bits per heavy atom. The number of imidazole rings is 1. The average molecular weight is 356 g/mol. The average Bonchev–Trinajstić information content (AvgIpc) is 3.00. The Balaban J connectivity index is 1.73. The highest BCUT2D eigenvalue weighted by atomic mass is 35.5. The van der Waals surface area contributed by atoms with Crippen molar-refractivity contribution in [3.63, 3.8) is 0 Å². The van der Waals surface area contributed by atoms with Gasteiger partial charge in [-0.25, -0.2) is 4.98 Å². The molecule has 0 unspecified atom stereocenters. The van der Waals surface area contributed by atoms with Crippen molar-refractivity contribution in [1.82, 2.24) is 9.55 Å². The van der Waals surface area contributed by atoms with Gasteiger partial charge >= 0.3 is 0 Å². The quantitative estimate of drug-likeness (QED) is 0.747. The highest BCUT2D eigenvalue weighted by Gasteiger charge is 2.10. The minimum Gasteiger partial charge on any atom is -0.495 e. The van der Waals surface area contributed by atoms with Crippen LogP contribution in [0, 0.1) is 6.92 Å². The number of aryl methyl sites for hydroxylation is 1. The van der Waals surface area contributed by atoms with Gasteiger partial charge in [0.15, 0.2) is 0 Å². The van der Waals surface area contributed by atoms with Crippen LogP contribution in [0.4, 0.5) is 5.69 Å². The number of rotatable bonds is 5. The molecule has 0 aliphatic carbocycles. The highest BCUT2D eigenvalue weighted by Crippen LogP contribution is 2.28. The van der Waals surface area contributed by atoms with E-state index >= 15 is 0 Å². The summed E-state index contributed by atoms with van der Waals surface area (Å²) < 4.78 is 7.29. The van der Waals surface area contributed by atoms with Crippen molar-refractivity contribution in [3.8, 4) is 5.75 Å². The molecule has 6 heteroatoms. The monoisotopic (exact) mass is 355 g/mol. The molecule has 0 spiro atoms. The lowest BCUT2D eigenvalue weighted by atomic mass is 10.1. The molecule has 0 aliphatic heterocycles. The number of carbonyl (C=O) groups excluding carboxylic acids is 1. The van der Waals surface area contributed by atoms with Gasteiger partial charge in [0.05, 0.1) is 12.8 Å². The number of nitrogens with zero attached hydrogens (tertiary/aromatic N) is 2. The SMILES string of the molecule is COc1ccc(Cl)cc1NC(=O)c1ccc(Cn2ccnc2C)cc1. The van der Waals surface area contributed by atoms with E-state index in [-0.39, 0.29) is 5.91 Å². The van der Waals surface area contributed by atoms with E-state index < -0.39 is 0 Å². The number of nitrogens with one attached hydrogen (secondary N) is 1. The predicted molar refractivity (Wildman–Crippen MR) is 98.5 cm³/mol. The van der Waals surface area contributed by atoms with E-state index in [9.17, 15) is 4.79 Å². The van der Waals surface area contributed by atoms with Crippen molar-refractivity contribution in [2.24, 2.45) is 0 Å². The molecular weight excluding hydrogens is 338 g/mol. The normalized spacial score (nSPS) is 10.5. The second kappa shape index (κ2) is 7.40. The molecule has 0 saturated carbocycles. The third kappa shape index (κ3) is 4.00. The summed E-state index contributed by atoms with van der Waals surface area (Å²) in [5.41, 5.74) is 2.20. The van der Waals surface area contributed by atoms with Crippen LogP contribution in [0.5, 0.6) is 5.75 Å². The maximum absolute atomic E-state index is 12.5. The Kier molecular flexibility index (Phi) is 5.05. The number of carbonyl (C=O) groups is 1. The summed E-state index contributed by atoms with van der Waals surface area (Å²) in [4.78, 5) is 16.7. The molecule has 3 rings (SSSR count). The number of anilines is 1. The molecule has 1 amide bonds. The molecular formula is C19H18ClN3O2. The summed E-state index contributed by atoms with van der Waals surface area (Å²) in [5.74, 6) is 1.30. The summed E-state index contributed by atoms with van der Waals surface area (Å²) in [7, 11) is 1.55. The van der Waals surface area contributed by atoms with Gasteiger partial charge in [-0.15, -0.1) is 0 Å². The summed E-state index contributed by atoms with van der Waals surface area (Å²) in [6, 6.07) is 12.6. The molecule has 1 heterocycles. The number of halogens is 1. The fourth-order valence-corrected chi connectivity index (χ4v) is 2.67. The van der Waals surface area contributed by atoms with E-state index in [0.29, 0.717) is 22.0 Å². The van der Waals surface area contributed by atoms with Crippen molar-refractivity contribution in [1.29, 1.82) is 0 Å². The van der Waals surface area contributed by atoms with Gasteiger partial charge in [-0.3, -0.25) is 4.79 Å². The van der Waals surface area contributed by atoms with Crippen LogP contribution in [0.25, 0.3) is 0 Å². The van der Waals surface area contributed by atoms with Gasteiger partial charge in [0, 0.05) is 29.5 Å². The Morgan fingerprint density at radius 3 is 2.64 bits per heavy atom. The molecule has 2 aromatic carbocycles. The fourth-order valence-electron chi connectivity index (χ4n) is 2.50. The van der Waals surface area contributed by atoms with Gasteiger partial charge in [0.25, 0.3) is 5.91 Å². The number of amides is 1. The maximum Gasteiger partial charge on any atom is 0.255 e. The maximum atomic E-state index is 12.5. The Labute approximate surface area is 151 Å². The molecule has 0 radical (unpaired) electrons. The van der Waals surface area contributed by atoms with Crippen LogP contribution in [0.1, 0.15) is 21.7 Å². The number of hydrogen-bond donors (Lipinski definition) is 1. The van der Waals surface area contributed by atoms with E-state index in [0.717, 1.165) is 17.9 Å². The molecule has 0 fully saturated rings. The molecule has 1 N–H and O–H groups in total. The van der Waals surface area contributed by atoms with E-state index in [1.807, 2.05) is 29.8 Å². The first-order valence-electron chi connectivity index (χ1n) is 7.78. The summed E-state index contributed by atoms with van der Waals surface area (Å²) in [6.07, 6.45) is 3.71. The Morgan fingerprint density at radius 2 is 2.00 bits per heavy atom. The van der Waals surface area contributed by atoms with E-state index in [1.54, 1.807) is 43.6 Å². The zero-order valence-electron chi connectivity index (χ0n) is 14.0. The molecule has 0 atom stereocenters. The lowest BCUT2D eigenvalue weighted by Gasteiger charge is -2.11. The second-order valence-electron chi connectivity index (χ2n) is 5.60. The van der Waals surface area contributed by atoms with Crippen LogP contribution in [0.15, 0.2) is 54.9 Å². The number of ether oxygens (including phenoxy) is 1. The number of methoxy groups -OCH3 is 1. The third-order valence-corrected chi connectivity index (χ3v) is 4.14. The summed E-state index contributed by atoms with van der Waals surface area (Å²) in [5, 5.41) is 3.36. The standard InChI is InChI=1S/C19H18ClN3O2/c1-13-21-9-10-23(13)12-14-3-5-15(6-4-14)19(24)22-17-11-16(20)7-8-18(17)25-2/h3-11H,12H2,1-2H3,(H,22,24). The van der Waals surface area contributed by atoms with Crippen molar-refractivity contribution < 1.29 is 9.53 Å². The Hall–Kier alpha value is -2.79.